The minimum atomic E-state index is -0.733. The van der Waals surface area contributed by atoms with Gasteiger partial charge in [-0.05, 0) is 53.8 Å². The lowest BCUT2D eigenvalue weighted by molar-refractivity contribution is -0.138. The first-order chi connectivity index (χ1) is 22.3. The molecular weight excluding hydrogens is 616 g/mol. The molecule has 1 atom stereocenters. The fraction of sp³-hybridized carbons (Fsp3) is 0.184. The maximum absolute atomic E-state index is 14.3. The standard InChI is InChI=1S/C38H33ClN2O4S/c1-4-44-37(43)33-34(27-12-6-5-7-13-27)40-38-41(35(33)28-19-17-26(18-20-28)24(2)3)36(42)32(46-38)22-29-14-8-9-16-31(29)45-23-25-11-10-15-30(39)21-25/h5-22,24,35H,4,23H2,1-3H3/b32-22-/t35-/m1/s1. The third-order valence-electron chi connectivity index (χ3n) is 7.78. The molecule has 46 heavy (non-hydrogen) atoms. The third-order valence-corrected chi connectivity index (χ3v) is 9.00. The third kappa shape index (κ3) is 6.48. The van der Waals surface area contributed by atoms with Crippen LogP contribution in [0.5, 0.6) is 5.75 Å². The Kier molecular flexibility index (Phi) is 9.33. The van der Waals surface area contributed by atoms with Crippen LogP contribution in [0.4, 0.5) is 0 Å². The molecule has 0 bridgehead atoms. The maximum atomic E-state index is 14.3. The molecule has 0 unspecified atom stereocenters. The van der Waals surface area contributed by atoms with Crippen LogP contribution in [-0.4, -0.2) is 17.1 Å². The Morgan fingerprint density at radius 1 is 0.978 bits per heavy atom. The Morgan fingerprint density at radius 2 is 1.72 bits per heavy atom. The van der Waals surface area contributed by atoms with Gasteiger partial charge in [0.2, 0.25) is 0 Å². The van der Waals surface area contributed by atoms with Crippen LogP contribution in [0.25, 0.3) is 11.8 Å². The zero-order valence-corrected chi connectivity index (χ0v) is 27.3. The average Bonchev–Trinajstić information content (AvgIpc) is 3.38. The average molecular weight is 649 g/mol. The number of ether oxygens (including phenoxy) is 2. The molecule has 1 aromatic heterocycles. The fourth-order valence-electron chi connectivity index (χ4n) is 5.48. The van der Waals surface area contributed by atoms with Crippen molar-refractivity contribution in [3.8, 4) is 5.75 Å². The largest absolute Gasteiger partial charge is 0.488 e. The normalized spacial score (nSPS) is 14.6. The molecule has 0 aliphatic carbocycles. The molecule has 0 amide bonds. The number of aromatic nitrogens is 1. The van der Waals surface area contributed by atoms with Crippen molar-refractivity contribution in [3.05, 3.63) is 161 Å². The van der Waals surface area contributed by atoms with Gasteiger partial charge in [-0.1, -0.05) is 122 Å². The van der Waals surface area contributed by atoms with Gasteiger partial charge in [-0.3, -0.25) is 9.36 Å². The Balaban J connectivity index is 1.52. The molecule has 0 fully saturated rings. The van der Waals surface area contributed by atoms with Crippen molar-refractivity contribution in [1.29, 1.82) is 0 Å². The second-order valence-electron chi connectivity index (χ2n) is 11.2. The summed E-state index contributed by atoms with van der Waals surface area (Å²) in [5.74, 6) is 0.459. The van der Waals surface area contributed by atoms with Gasteiger partial charge in [0.25, 0.3) is 5.56 Å². The van der Waals surface area contributed by atoms with E-state index in [9.17, 15) is 9.59 Å². The molecule has 6 nitrogen and oxygen atoms in total. The van der Waals surface area contributed by atoms with E-state index in [1.807, 2.05) is 109 Å². The SMILES string of the molecule is CCOC(=O)C1=C(c2ccccc2)N=c2s/c(=C\c3ccccc3OCc3cccc(Cl)c3)c(=O)n2[C@@H]1c1ccc(C(C)C)cc1. The number of rotatable bonds is 9. The van der Waals surface area contributed by atoms with Gasteiger partial charge >= 0.3 is 5.97 Å². The minimum Gasteiger partial charge on any atom is -0.488 e. The van der Waals surface area contributed by atoms with Gasteiger partial charge in [-0.15, -0.1) is 0 Å². The predicted molar refractivity (Wildman–Crippen MR) is 184 cm³/mol. The summed E-state index contributed by atoms with van der Waals surface area (Å²) in [5, 5.41) is 0.640. The molecule has 1 aliphatic heterocycles. The van der Waals surface area contributed by atoms with E-state index < -0.39 is 12.0 Å². The predicted octanol–water partition coefficient (Wildman–Crippen LogP) is 7.29. The Hall–Kier alpha value is -4.72. The van der Waals surface area contributed by atoms with Gasteiger partial charge in [-0.2, -0.15) is 0 Å². The van der Waals surface area contributed by atoms with Gasteiger partial charge < -0.3 is 9.47 Å². The van der Waals surface area contributed by atoms with Gasteiger partial charge in [-0.25, -0.2) is 9.79 Å². The Labute approximate surface area is 276 Å². The molecule has 232 valence electrons. The monoisotopic (exact) mass is 648 g/mol. The van der Waals surface area contributed by atoms with Crippen LogP contribution in [-0.2, 0) is 16.1 Å². The lowest BCUT2D eigenvalue weighted by Crippen LogP contribution is -2.40. The number of carbonyl (C=O) groups excluding carboxylic acids is 1. The van der Waals surface area contributed by atoms with Crippen LogP contribution in [0.3, 0.4) is 0 Å². The quantitative estimate of drug-likeness (QED) is 0.157. The number of esters is 1. The molecule has 0 spiro atoms. The Morgan fingerprint density at radius 3 is 2.43 bits per heavy atom. The van der Waals surface area contributed by atoms with Crippen molar-refractivity contribution in [2.24, 2.45) is 4.99 Å². The van der Waals surface area contributed by atoms with Crippen molar-refractivity contribution >= 4 is 40.7 Å². The van der Waals surface area contributed by atoms with E-state index in [-0.39, 0.29) is 12.2 Å². The van der Waals surface area contributed by atoms with Crippen molar-refractivity contribution in [2.45, 2.75) is 39.3 Å². The zero-order chi connectivity index (χ0) is 32.2. The summed E-state index contributed by atoms with van der Waals surface area (Å²) in [6.45, 7) is 6.55. The molecule has 0 radical (unpaired) electrons. The lowest BCUT2D eigenvalue weighted by Gasteiger charge is -2.26. The molecule has 6 rings (SSSR count). The minimum absolute atomic E-state index is 0.194. The van der Waals surface area contributed by atoms with Crippen LogP contribution in [0, 0.1) is 0 Å². The summed E-state index contributed by atoms with van der Waals surface area (Å²) in [6.07, 6.45) is 1.83. The first-order valence-electron chi connectivity index (χ1n) is 15.2. The van der Waals surface area contributed by atoms with Crippen molar-refractivity contribution in [1.82, 2.24) is 4.57 Å². The van der Waals surface area contributed by atoms with Crippen molar-refractivity contribution in [3.63, 3.8) is 0 Å². The molecular formula is C38H33ClN2O4S. The van der Waals surface area contributed by atoms with Gasteiger partial charge in [0.15, 0.2) is 4.80 Å². The van der Waals surface area contributed by atoms with Crippen LogP contribution < -0.4 is 19.6 Å². The highest BCUT2D eigenvalue weighted by molar-refractivity contribution is 7.07. The lowest BCUT2D eigenvalue weighted by atomic mass is 9.91. The van der Waals surface area contributed by atoms with Crippen molar-refractivity contribution in [2.75, 3.05) is 6.61 Å². The van der Waals surface area contributed by atoms with E-state index in [0.29, 0.717) is 43.9 Å². The highest BCUT2D eigenvalue weighted by atomic mass is 35.5. The number of hydrogen-bond acceptors (Lipinski definition) is 6. The molecule has 5 aromatic rings. The van der Waals surface area contributed by atoms with E-state index in [1.165, 1.54) is 11.3 Å². The number of halogens is 1. The molecule has 8 heteroatoms. The summed E-state index contributed by atoms with van der Waals surface area (Å²) in [6, 6.07) is 32.0. The topological polar surface area (TPSA) is 69.9 Å². The van der Waals surface area contributed by atoms with E-state index >= 15 is 0 Å². The first-order valence-corrected chi connectivity index (χ1v) is 16.4. The van der Waals surface area contributed by atoms with E-state index in [1.54, 1.807) is 11.5 Å². The summed E-state index contributed by atoms with van der Waals surface area (Å²) < 4.78 is 13.9. The summed E-state index contributed by atoms with van der Waals surface area (Å²) >= 11 is 7.45. The number of benzene rings is 4. The number of hydrogen-bond donors (Lipinski definition) is 0. The molecule has 0 saturated carbocycles. The van der Waals surface area contributed by atoms with Gasteiger partial charge in [0.1, 0.15) is 12.4 Å². The highest BCUT2D eigenvalue weighted by Gasteiger charge is 2.35. The summed E-state index contributed by atoms with van der Waals surface area (Å²) in [4.78, 5) is 33.5. The number of thiazole rings is 1. The van der Waals surface area contributed by atoms with E-state index in [0.717, 1.165) is 27.8 Å². The molecule has 0 N–H and O–H groups in total. The van der Waals surface area contributed by atoms with Crippen LogP contribution in [0.1, 0.15) is 60.5 Å². The Bertz CT molecular complexity index is 2100. The molecule has 2 heterocycles. The van der Waals surface area contributed by atoms with Crippen LogP contribution in [0.2, 0.25) is 5.02 Å². The number of nitrogens with zero attached hydrogens (tertiary/aromatic N) is 2. The van der Waals surface area contributed by atoms with Gasteiger partial charge in [0.05, 0.1) is 28.5 Å². The highest BCUT2D eigenvalue weighted by Crippen LogP contribution is 2.35. The maximum Gasteiger partial charge on any atom is 0.338 e. The smallest absolute Gasteiger partial charge is 0.338 e. The van der Waals surface area contributed by atoms with Crippen molar-refractivity contribution < 1.29 is 14.3 Å². The summed E-state index contributed by atoms with van der Waals surface area (Å²) in [7, 11) is 0. The second-order valence-corrected chi connectivity index (χ2v) is 12.7. The van der Waals surface area contributed by atoms with Crippen LogP contribution >= 0.6 is 22.9 Å². The zero-order valence-electron chi connectivity index (χ0n) is 25.8. The molecule has 4 aromatic carbocycles. The molecule has 1 aliphatic rings. The fourth-order valence-corrected chi connectivity index (χ4v) is 6.68. The molecule has 0 saturated heterocycles. The first kappa shape index (κ1) is 31.3. The number of para-hydroxylation sites is 1. The number of carbonyl (C=O) groups is 1. The van der Waals surface area contributed by atoms with Gasteiger partial charge in [0, 0.05) is 16.1 Å². The van der Waals surface area contributed by atoms with Crippen LogP contribution in [0.15, 0.2) is 118 Å². The summed E-state index contributed by atoms with van der Waals surface area (Å²) in [5.41, 5.74) is 4.99. The number of fused-ring (bicyclic) bond motifs is 1. The second kappa shape index (κ2) is 13.7. The van der Waals surface area contributed by atoms with E-state index in [2.05, 4.69) is 13.8 Å². The van der Waals surface area contributed by atoms with E-state index in [4.69, 9.17) is 26.1 Å².